The highest BCUT2D eigenvalue weighted by Gasteiger charge is 2.11. The molecule has 1 N–H and O–H groups in total. The van der Waals surface area contributed by atoms with Crippen LogP contribution < -0.4 is 0 Å². The largest absolute Gasteiger partial charge is 0.498 e. The SMILES string of the molecule is C/C(=C\C(=O)O)CC1CCC=CO1. The van der Waals surface area contributed by atoms with Gasteiger partial charge in [0.1, 0.15) is 6.10 Å². The van der Waals surface area contributed by atoms with Gasteiger partial charge in [0.25, 0.3) is 0 Å². The van der Waals surface area contributed by atoms with Gasteiger partial charge in [-0.25, -0.2) is 4.79 Å². The Hall–Kier alpha value is -1.25. The van der Waals surface area contributed by atoms with Crippen molar-refractivity contribution >= 4 is 5.97 Å². The van der Waals surface area contributed by atoms with Crippen molar-refractivity contribution in [3.05, 3.63) is 24.0 Å². The van der Waals surface area contributed by atoms with Crippen LogP contribution in [0, 0.1) is 0 Å². The lowest BCUT2D eigenvalue weighted by Crippen LogP contribution is -2.13. The fourth-order valence-corrected chi connectivity index (χ4v) is 1.36. The van der Waals surface area contributed by atoms with Gasteiger partial charge in [-0.15, -0.1) is 0 Å². The molecule has 0 fully saturated rings. The maximum absolute atomic E-state index is 10.3. The fraction of sp³-hybridized carbons (Fsp3) is 0.500. The highest BCUT2D eigenvalue weighted by molar-refractivity contribution is 5.80. The van der Waals surface area contributed by atoms with Crippen LogP contribution in [0.15, 0.2) is 24.0 Å². The zero-order valence-corrected chi connectivity index (χ0v) is 7.69. The maximum Gasteiger partial charge on any atom is 0.328 e. The maximum atomic E-state index is 10.3. The molecule has 3 nitrogen and oxygen atoms in total. The third-order valence-electron chi connectivity index (χ3n) is 1.94. The third-order valence-corrected chi connectivity index (χ3v) is 1.94. The van der Waals surface area contributed by atoms with Crippen LogP contribution in [-0.4, -0.2) is 17.2 Å². The quantitative estimate of drug-likeness (QED) is 0.680. The van der Waals surface area contributed by atoms with Gasteiger partial charge in [0.15, 0.2) is 0 Å². The first-order chi connectivity index (χ1) is 6.18. The van der Waals surface area contributed by atoms with Crippen molar-refractivity contribution in [1.29, 1.82) is 0 Å². The molecule has 0 bridgehead atoms. The summed E-state index contributed by atoms with van der Waals surface area (Å²) >= 11 is 0. The third kappa shape index (κ3) is 3.78. The van der Waals surface area contributed by atoms with E-state index < -0.39 is 5.97 Å². The van der Waals surface area contributed by atoms with Gasteiger partial charge in [-0.05, 0) is 25.8 Å². The summed E-state index contributed by atoms with van der Waals surface area (Å²) in [4.78, 5) is 10.3. The lowest BCUT2D eigenvalue weighted by molar-refractivity contribution is -0.131. The molecule has 1 unspecified atom stereocenters. The first-order valence-corrected chi connectivity index (χ1v) is 4.39. The summed E-state index contributed by atoms with van der Waals surface area (Å²) in [5.74, 6) is -0.885. The smallest absolute Gasteiger partial charge is 0.328 e. The van der Waals surface area contributed by atoms with Crippen LogP contribution in [0.4, 0.5) is 0 Å². The van der Waals surface area contributed by atoms with Crippen molar-refractivity contribution in [3.8, 4) is 0 Å². The second kappa shape index (κ2) is 4.70. The Morgan fingerprint density at radius 1 is 1.77 bits per heavy atom. The van der Waals surface area contributed by atoms with Crippen molar-refractivity contribution in [1.82, 2.24) is 0 Å². The highest BCUT2D eigenvalue weighted by Crippen LogP contribution is 2.17. The number of allylic oxidation sites excluding steroid dienone is 1. The van der Waals surface area contributed by atoms with Crippen LogP contribution in [0.5, 0.6) is 0 Å². The van der Waals surface area contributed by atoms with Crippen LogP contribution in [-0.2, 0) is 9.53 Å². The van der Waals surface area contributed by atoms with Gasteiger partial charge in [0, 0.05) is 12.5 Å². The summed E-state index contributed by atoms with van der Waals surface area (Å²) in [6.07, 6.45) is 7.76. The van der Waals surface area contributed by atoms with E-state index in [1.54, 1.807) is 6.26 Å². The lowest BCUT2D eigenvalue weighted by Gasteiger charge is -2.19. The van der Waals surface area contributed by atoms with Crippen LogP contribution in [0.1, 0.15) is 26.2 Å². The molecule has 0 amide bonds. The fourth-order valence-electron chi connectivity index (χ4n) is 1.36. The monoisotopic (exact) mass is 182 g/mol. The van der Waals surface area contributed by atoms with Crippen LogP contribution in [0.3, 0.4) is 0 Å². The van der Waals surface area contributed by atoms with E-state index in [0.29, 0.717) is 6.42 Å². The van der Waals surface area contributed by atoms with Crippen LogP contribution >= 0.6 is 0 Å². The molecule has 1 aliphatic heterocycles. The molecular weight excluding hydrogens is 168 g/mol. The minimum atomic E-state index is -0.885. The van der Waals surface area contributed by atoms with Gasteiger partial charge in [-0.2, -0.15) is 0 Å². The zero-order chi connectivity index (χ0) is 9.68. The van der Waals surface area contributed by atoms with Crippen LogP contribution in [0.25, 0.3) is 0 Å². The molecule has 0 saturated heterocycles. The van der Waals surface area contributed by atoms with E-state index in [9.17, 15) is 4.79 Å². The molecular formula is C10H14O3. The summed E-state index contributed by atoms with van der Waals surface area (Å²) in [6, 6.07) is 0. The van der Waals surface area contributed by atoms with Gasteiger partial charge < -0.3 is 9.84 Å². The van der Waals surface area contributed by atoms with E-state index in [4.69, 9.17) is 9.84 Å². The Balaban J connectivity index is 2.39. The van der Waals surface area contributed by atoms with Gasteiger partial charge in [0.05, 0.1) is 6.26 Å². The summed E-state index contributed by atoms with van der Waals surface area (Å²) in [5.41, 5.74) is 0.854. The zero-order valence-electron chi connectivity index (χ0n) is 7.69. The van der Waals surface area contributed by atoms with E-state index in [-0.39, 0.29) is 6.10 Å². The number of rotatable bonds is 3. The number of ether oxygens (including phenoxy) is 1. The van der Waals surface area contributed by atoms with Gasteiger partial charge in [-0.1, -0.05) is 5.57 Å². The molecule has 72 valence electrons. The second-order valence-electron chi connectivity index (χ2n) is 3.24. The molecule has 3 heteroatoms. The van der Waals surface area contributed by atoms with E-state index in [1.165, 1.54) is 6.08 Å². The molecule has 0 spiro atoms. The first-order valence-electron chi connectivity index (χ1n) is 4.39. The second-order valence-corrected chi connectivity index (χ2v) is 3.24. The Bertz CT molecular complexity index is 241. The Morgan fingerprint density at radius 3 is 3.08 bits per heavy atom. The Kier molecular flexibility index (Phi) is 3.55. The van der Waals surface area contributed by atoms with Gasteiger partial charge in [-0.3, -0.25) is 0 Å². The number of hydrogen-bond donors (Lipinski definition) is 1. The molecule has 0 aromatic rings. The van der Waals surface area contributed by atoms with Crippen molar-refractivity contribution in [2.75, 3.05) is 0 Å². The molecule has 0 aromatic carbocycles. The Morgan fingerprint density at radius 2 is 2.54 bits per heavy atom. The molecule has 0 radical (unpaired) electrons. The molecule has 1 aliphatic rings. The minimum absolute atomic E-state index is 0.153. The minimum Gasteiger partial charge on any atom is -0.498 e. The van der Waals surface area contributed by atoms with Crippen molar-refractivity contribution in [2.45, 2.75) is 32.3 Å². The van der Waals surface area contributed by atoms with Crippen molar-refractivity contribution in [2.24, 2.45) is 0 Å². The van der Waals surface area contributed by atoms with E-state index >= 15 is 0 Å². The van der Waals surface area contributed by atoms with Crippen molar-refractivity contribution < 1.29 is 14.6 Å². The Labute approximate surface area is 77.7 Å². The molecule has 13 heavy (non-hydrogen) atoms. The number of carbonyl (C=O) groups is 1. The summed E-state index contributed by atoms with van der Waals surface area (Å²) in [6.45, 7) is 1.82. The lowest BCUT2D eigenvalue weighted by atomic mass is 10.0. The number of hydrogen-bond acceptors (Lipinski definition) is 2. The van der Waals surface area contributed by atoms with E-state index in [1.807, 2.05) is 13.0 Å². The average molecular weight is 182 g/mol. The standard InChI is InChI=1S/C10H14O3/c1-8(7-10(11)12)6-9-4-2-3-5-13-9/h3,5,7,9H,2,4,6H2,1H3,(H,11,12)/b8-7+. The summed E-state index contributed by atoms with van der Waals surface area (Å²) < 4.78 is 5.32. The van der Waals surface area contributed by atoms with Gasteiger partial charge >= 0.3 is 5.97 Å². The summed E-state index contributed by atoms with van der Waals surface area (Å²) in [7, 11) is 0. The summed E-state index contributed by atoms with van der Waals surface area (Å²) in [5, 5.41) is 8.48. The van der Waals surface area contributed by atoms with Crippen molar-refractivity contribution in [3.63, 3.8) is 0 Å². The van der Waals surface area contributed by atoms with E-state index in [2.05, 4.69) is 0 Å². The number of aliphatic carboxylic acids is 1. The predicted octanol–water partition coefficient (Wildman–Crippen LogP) is 2.10. The molecule has 1 rings (SSSR count). The predicted molar refractivity (Wildman–Crippen MR) is 49.3 cm³/mol. The first kappa shape index (κ1) is 9.84. The molecule has 1 heterocycles. The average Bonchev–Trinajstić information content (AvgIpc) is 2.04. The molecule has 0 aliphatic carbocycles. The van der Waals surface area contributed by atoms with Gasteiger partial charge in [0.2, 0.25) is 0 Å². The van der Waals surface area contributed by atoms with E-state index in [0.717, 1.165) is 18.4 Å². The highest BCUT2D eigenvalue weighted by atomic mass is 16.5. The topological polar surface area (TPSA) is 46.5 Å². The van der Waals surface area contributed by atoms with Crippen LogP contribution in [0.2, 0.25) is 0 Å². The molecule has 0 aromatic heterocycles. The molecule has 1 atom stereocenters. The molecule has 0 saturated carbocycles. The number of carboxylic acid groups (broad SMARTS) is 1. The number of carboxylic acids is 1. The normalized spacial score (nSPS) is 22.5.